The summed E-state index contributed by atoms with van der Waals surface area (Å²) >= 11 is 0. The van der Waals surface area contributed by atoms with Crippen LogP contribution in [0.15, 0.2) is 30.7 Å². The van der Waals surface area contributed by atoms with Crippen molar-refractivity contribution in [3.63, 3.8) is 0 Å². The quantitative estimate of drug-likeness (QED) is 0.805. The molecule has 0 atom stereocenters. The third-order valence-electron chi connectivity index (χ3n) is 4.35. The SMILES string of the molecule is COc1cc2c(cc1OC)CN(c1ncnc3[nH]ccc13)CC2. The number of anilines is 1. The molecule has 118 valence electrons. The van der Waals surface area contributed by atoms with Crippen LogP contribution in [0.5, 0.6) is 11.5 Å². The fourth-order valence-electron chi connectivity index (χ4n) is 3.17. The highest BCUT2D eigenvalue weighted by molar-refractivity contribution is 5.87. The summed E-state index contributed by atoms with van der Waals surface area (Å²) in [5.41, 5.74) is 3.42. The van der Waals surface area contributed by atoms with E-state index in [0.29, 0.717) is 0 Å². The molecule has 3 heterocycles. The van der Waals surface area contributed by atoms with Gasteiger partial charge in [0.05, 0.1) is 19.6 Å². The molecule has 0 bridgehead atoms. The van der Waals surface area contributed by atoms with Crippen molar-refractivity contribution in [3.05, 3.63) is 41.9 Å². The molecular formula is C17H18N4O2. The van der Waals surface area contributed by atoms with Crippen LogP contribution < -0.4 is 14.4 Å². The molecule has 23 heavy (non-hydrogen) atoms. The zero-order valence-corrected chi connectivity index (χ0v) is 13.2. The van der Waals surface area contributed by atoms with E-state index in [1.54, 1.807) is 20.5 Å². The van der Waals surface area contributed by atoms with E-state index in [2.05, 4.69) is 32.0 Å². The van der Waals surface area contributed by atoms with Gasteiger partial charge in [0.25, 0.3) is 0 Å². The lowest BCUT2D eigenvalue weighted by molar-refractivity contribution is 0.353. The molecule has 0 aliphatic carbocycles. The maximum absolute atomic E-state index is 5.43. The topological polar surface area (TPSA) is 63.3 Å². The van der Waals surface area contributed by atoms with Gasteiger partial charge in [-0.15, -0.1) is 0 Å². The van der Waals surface area contributed by atoms with Gasteiger partial charge in [0, 0.05) is 19.3 Å². The van der Waals surface area contributed by atoms with Gasteiger partial charge in [-0.1, -0.05) is 0 Å². The van der Waals surface area contributed by atoms with E-state index in [-0.39, 0.29) is 0 Å². The summed E-state index contributed by atoms with van der Waals surface area (Å²) in [6.45, 7) is 1.72. The molecule has 0 fully saturated rings. The van der Waals surface area contributed by atoms with Crippen LogP contribution in [-0.2, 0) is 13.0 Å². The highest BCUT2D eigenvalue weighted by Gasteiger charge is 2.22. The maximum Gasteiger partial charge on any atom is 0.161 e. The third-order valence-corrected chi connectivity index (χ3v) is 4.35. The minimum atomic E-state index is 0.766. The number of H-pyrrole nitrogens is 1. The van der Waals surface area contributed by atoms with E-state index in [0.717, 1.165) is 47.9 Å². The van der Waals surface area contributed by atoms with Gasteiger partial charge >= 0.3 is 0 Å². The number of hydrogen-bond acceptors (Lipinski definition) is 5. The van der Waals surface area contributed by atoms with Crippen LogP contribution in [0.1, 0.15) is 11.1 Å². The Labute approximate surface area is 134 Å². The Bertz CT molecular complexity index is 859. The molecule has 2 aromatic heterocycles. The summed E-state index contributed by atoms with van der Waals surface area (Å²) in [4.78, 5) is 14.2. The zero-order chi connectivity index (χ0) is 15.8. The summed E-state index contributed by atoms with van der Waals surface area (Å²) in [5, 5.41) is 1.05. The van der Waals surface area contributed by atoms with Crippen molar-refractivity contribution in [1.82, 2.24) is 15.0 Å². The number of aromatic amines is 1. The first-order chi connectivity index (χ1) is 11.3. The van der Waals surface area contributed by atoms with Crippen LogP contribution in [0.3, 0.4) is 0 Å². The average Bonchev–Trinajstić information content (AvgIpc) is 3.08. The maximum atomic E-state index is 5.43. The first-order valence-corrected chi connectivity index (χ1v) is 7.57. The van der Waals surface area contributed by atoms with Crippen LogP contribution >= 0.6 is 0 Å². The predicted octanol–water partition coefficient (Wildman–Crippen LogP) is 2.54. The summed E-state index contributed by atoms with van der Waals surface area (Å²) < 4.78 is 10.8. The number of hydrogen-bond donors (Lipinski definition) is 1. The van der Waals surface area contributed by atoms with Crippen LogP contribution in [0.25, 0.3) is 11.0 Å². The Hall–Kier alpha value is -2.76. The summed E-state index contributed by atoms with van der Waals surface area (Å²) in [5.74, 6) is 2.52. The lowest BCUT2D eigenvalue weighted by Crippen LogP contribution is -2.31. The minimum Gasteiger partial charge on any atom is -0.493 e. The van der Waals surface area contributed by atoms with Gasteiger partial charge in [0.15, 0.2) is 11.5 Å². The van der Waals surface area contributed by atoms with Crippen molar-refractivity contribution in [1.29, 1.82) is 0 Å². The molecular weight excluding hydrogens is 292 g/mol. The molecule has 6 heteroatoms. The summed E-state index contributed by atoms with van der Waals surface area (Å²) in [6.07, 6.45) is 4.46. The van der Waals surface area contributed by atoms with E-state index < -0.39 is 0 Å². The molecule has 1 aromatic carbocycles. The number of nitrogens with one attached hydrogen (secondary N) is 1. The van der Waals surface area contributed by atoms with E-state index in [9.17, 15) is 0 Å². The minimum absolute atomic E-state index is 0.766. The van der Waals surface area contributed by atoms with Gasteiger partial charge in [-0.25, -0.2) is 9.97 Å². The lowest BCUT2D eigenvalue weighted by atomic mass is 9.98. The van der Waals surface area contributed by atoms with Gasteiger partial charge in [0.1, 0.15) is 17.8 Å². The number of aromatic nitrogens is 3. The van der Waals surface area contributed by atoms with Gasteiger partial charge in [-0.05, 0) is 35.7 Å². The molecule has 4 rings (SSSR count). The fraction of sp³-hybridized carbons (Fsp3) is 0.294. The molecule has 0 saturated carbocycles. The number of ether oxygens (including phenoxy) is 2. The Balaban J connectivity index is 1.72. The van der Waals surface area contributed by atoms with E-state index in [1.807, 2.05) is 12.3 Å². The fourth-order valence-corrected chi connectivity index (χ4v) is 3.17. The predicted molar refractivity (Wildman–Crippen MR) is 88.2 cm³/mol. The van der Waals surface area contributed by atoms with Gasteiger partial charge < -0.3 is 19.4 Å². The standard InChI is InChI=1S/C17H18N4O2/c1-22-14-7-11-4-6-21(9-12(11)8-15(14)23-2)17-13-3-5-18-16(13)19-10-20-17/h3,5,7-8,10H,4,6,9H2,1-2H3,(H,18,19,20). The molecule has 3 aromatic rings. The van der Waals surface area contributed by atoms with Gasteiger partial charge in [-0.3, -0.25) is 0 Å². The molecule has 1 aliphatic heterocycles. The van der Waals surface area contributed by atoms with Gasteiger partial charge in [-0.2, -0.15) is 0 Å². The van der Waals surface area contributed by atoms with Crippen LogP contribution in [0, 0.1) is 0 Å². The third kappa shape index (κ3) is 2.27. The second-order valence-electron chi connectivity index (χ2n) is 5.58. The lowest BCUT2D eigenvalue weighted by Gasteiger charge is -2.30. The van der Waals surface area contributed by atoms with E-state index in [1.165, 1.54) is 11.1 Å². The first kappa shape index (κ1) is 13.9. The number of fused-ring (bicyclic) bond motifs is 2. The second-order valence-corrected chi connectivity index (χ2v) is 5.58. The Morgan fingerprint density at radius 3 is 2.65 bits per heavy atom. The number of methoxy groups -OCH3 is 2. The van der Waals surface area contributed by atoms with Crippen LogP contribution in [0.4, 0.5) is 5.82 Å². The molecule has 0 radical (unpaired) electrons. The number of benzene rings is 1. The first-order valence-electron chi connectivity index (χ1n) is 7.57. The van der Waals surface area contributed by atoms with Crippen molar-refractivity contribution in [3.8, 4) is 11.5 Å². The van der Waals surface area contributed by atoms with E-state index >= 15 is 0 Å². The Morgan fingerprint density at radius 1 is 1.09 bits per heavy atom. The molecule has 6 nitrogen and oxygen atoms in total. The van der Waals surface area contributed by atoms with Crippen molar-refractivity contribution in [2.75, 3.05) is 25.7 Å². The largest absolute Gasteiger partial charge is 0.493 e. The Kier molecular flexibility index (Phi) is 3.29. The number of rotatable bonds is 3. The Morgan fingerprint density at radius 2 is 1.87 bits per heavy atom. The van der Waals surface area contributed by atoms with Gasteiger partial charge in [0.2, 0.25) is 0 Å². The second kappa shape index (κ2) is 5.46. The van der Waals surface area contributed by atoms with Crippen molar-refractivity contribution < 1.29 is 9.47 Å². The average molecular weight is 310 g/mol. The molecule has 0 amide bonds. The van der Waals surface area contributed by atoms with Crippen LogP contribution in [0.2, 0.25) is 0 Å². The van der Waals surface area contributed by atoms with Crippen molar-refractivity contribution in [2.24, 2.45) is 0 Å². The molecule has 1 aliphatic rings. The van der Waals surface area contributed by atoms with Crippen molar-refractivity contribution in [2.45, 2.75) is 13.0 Å². The molecule has 1 N–H and O–H groups in total. The molecule has 0 saturated heterocycles. The smallest absolute Gasteiger partial charge is 0.161 e. The van der Waals surface area contributed by atoms with Crippen LogP contribution in [-0.4, -0.2) is 35.7 Å². The highest BCUT2D eigenvalue weighted by Crippen LogP contribution is 2.35. The zero-order valence-electron chi connectivity index (χ0n) is 13.2. The highest BCUT2D eigenvalue weighted by atomic mass is 16.5. The molecule has 0 spiro atoms. The van der Waals surface area contributed by atoms with Crippen molar-refractivity contribution >= 4 is 16.9 Å². The monoisotopic (exact) mass is 310 g/mol. The van der Waals surface area contributed by atoms with E-state index in [4.69, 9.17) is 9.47 Å². The summed E-state index contributed by atoms with van der Waals surface area (Å²) in [7, 11) is 3.33. The number of nitrogens with zero attached hydrogens (tertiary/aromatic N) is 3. The normalized spacial score (nSPS) is 13.9. The molecule has 0 unspecified atom stereocenters. The summed E-state index contributed by atoms with van der Waals surface area (Å²) in [6, 6.07) is 6.17.